The van der Waals surface area contributed by atoms with Crippen molar-refractivity contribution in [1.82, 2.24) is 4.90 Å². The Labute approximate surface area is 113 Å². The second-order valence-corrected chi connectivity index (χ2v) is 6.22. The molecule has 1 fully saturated rings. The highest BCUT2D eigenvalue weighted by atomic mass is 32.2. The van der Waals surface area contributed by atoms with Gasteiger partial charge in [0.15, 0.2) is 0 Å². The van der Waals surface area contributed by atoms with Crippen molar-refractivity contribution in [2.45, 2.75) is 38.6 Å². The zero-order valence-corrected chi connectivity index (χ0v) is 12.5. The van der Waals surface area contributed by atoms with Crippen LogP contribution in [0.1, 0.15) is 32.6 Å². The number of nitrogens with zero attached hydrogens (tertiary/aromatic N) is 1. The van der Waals surface area contributed by atoms with Crippen LogP contribution in [0.3, 0.4) is 0 Å². The van der Waals surface area contributed by atoms with Crippen molar-refractivity contribution in [3.8, 4) is 0 Å². The highest BCUT2D eigenvalue weighted by molar-refractivity contribution is 7.98. The largest absolute Gasteiger partial charge is 0.392 e. The van der Waals surface area contributed by atoms with Crippen LogP contribution in [0.2, 0.25) is 0 Å². The van der Waals surface area contributed by atoms with E-state index in [0.29, 0.717) is 4.99 Å². The van der Waals surface area contributed by atoms with Gasteiger partial charge in [-0.1, -0.05) is 25.1 Å². The molecule has 0 aromatic rings. The third kappa shape index (κ3) is 2.94. The van der Waals surface area contributed by atoms with Crippen LogP contribution in [0.25, 0.3) is 0 Å². The first-order valence-electron chi connectivity index (χ1n) is 6.02. The van der Waals surface area contributed by atoms with Gasteiger partial charge in [-0.2, -0.15) is 11.8 Å². The number of amides is 1. The van der Waals surface area contributed by atoms with Gasteiger partial charge in [-0.15, -0.1) is 0 Å². The summed E-state index contributed by atoms with van der Waals surface area (Å²) in [6.07, 6.45) is 5.78. The minimum atomic E-state index is -0.559. The van der Waals surface area contributed by atoms with Gasteiger partial charge in [0.2, 0.25) is 5.91 Å². The van der Waals surface area contributed by atoms with Gasteiger partial charge in [-0.3, -0.25) is 4.79 Å². The minimum Gasteiger partial charge on any atom is -0.392 e. The predicted octanol–water partition coefficient (Wildman–Crippen LogP) is 2.04. The fourth-order valence-corrected chi connectivity index (χ4v) is 3.43. The van der Waals surface area contributed by atoms with Gasteiger partial charge in [0.25, 0.3) is 0 Å². The van der Waals surface area contributed by atoms with Gasteiger partial charge < -0.3 is 10.6 Å². The van der Waals surface area contributed by atoms with Crippen molar-refractivity contribution in [3.63, 3.8) is 0 Å². The maximum absolute atomic E-state index is 12.6. The van der Waals surface area contributed by atoms with Crippen molar-refractivity contribution in [1.29, 1.82) is 0 Å². The lowest BCUT2D eigenvalue weighted by Gasteiger charge is -2.34. The van der Waals surface area contributed by atoms with Gasteiger partial charge in [0.05, 0.1) is 10.4 Å². The number of rotatable bonds is 5. The molecule has 1 unspecified atom stereocenters. The summed E-state index contributed by atoms with van der Waals surface area (Å²) in [4.78, 5) is 14.8. The Morgan fingerprint density at radius 2 is 2.06 bits per heavy atom. The van der Waals surface area contributed by atoms with Crippen LogP contribution in [0.5, 0.6) is 0 Å². The van der Waals surface area contributed by atoms with Crippen LogP contribution in [-0.2, 0) is 4.79 Å². The number of thiocarbonyl (C=S) groups is 1. The van der Waals surface area contributed by atoms with Crippen LogP contribution < -0.4 is 5.73 Å². The van der Waals surface area contributed by atoms with Crippen molar-refractivity contribution >= 4 is 34.9 Å². The highest BCUT2D eigenvalue weighted by Crippen LogP contribution is 2.40. The second-order valence-electron chi connectivity index (χ2n) is 4.87. The number of carbonyl (C=O) groups excluding carboxylic acids is 1. The number of hydrogen-bond acceptors (Lipinski definition) is 3. The molecule has 5 heteroatoms. The van der Waals surface area contributed by atoms with Crippen molar-refractivity contribution in [3.05, 3.63) is 0 Å². The van der Waals surface area contributed by atoms with Crippen LogP contribution in [-0.4, -0.2) is 40.9 Å². The highest BCUT2D eigenvalue weighted by Gasteiger charge is 2.46. The van der Waals surface area contributed by atoms with Crippen molar-refractivity contribution in [2.75, 3.05) is 19.1 Å². The molecule has 1 rings (SSSR count). The maximum atomic E-state index is 12.6. The van der Waals surface area contributed by atoms with Crippen molar-refractivity contribution in [2.24, 2.45) is 11.1 Å². The van der Waals surface area contributed by atoms with E-state index in [1.807, 2.05) is 18.2 Å². The van der Waals surface area contributed by atoms with E-state index in [1.54, 1.807) is 11.8 Å². The summed E-state index contributed by atoms with van der Waals surface area (Å²) in [5, 5.41) is 0. The SMILES string of the molecule is CSCC(C)N(C)C(=O)C1(C(N)=S)CCCC1. The summed E-state index contributed by atoms with van der Waals surface area (Å²) in [6, 6.07) is 0.226. The zero-order chi connectivity index (χ0) is 13.1. The molecule has 1 atom stereocenters. The zero-order valence-electron chi connectivity index (χ0n) is 10.9. The summed E-state index contributed by atoms with van der Waals surface area (Å²) in [5.74, 6) is 1.05. The molecule has 0 aromatic heterocycles. The summed E-state index contributed by atoms with van der Waals surface area (Å²) in [7, 11) is 1.86. The number of nitrogens with two attached hydrogens (primary N) is 1. The lowest BCUT2D eigenvalue weighted by molar-refractivity contribution is -0.138. The molecule has 0 saturated heterocycles. The molecular weight excluding hydrogens is 252 g/mol. The molecule has 1 aliphatic rings. The van der Waals surface area contributed by atoms with Crippen molar-refractivity contribution < 1.29 is 4.79 Å². The summed E-state index contributed by atoms with van der Waals surface area (Å²) < 4.78 is 0. The van der Waals surface area contributed by atoms with Gasteiger partial charge in [-0.05, 0) is 26.0 Å². The Morgan fingerprint density at radius 3 is 2.47 bits per heavy atom. The smallest absolute Gasteiger partial charge is 0.235 e. The van der Waals surface area contributed by atoms with Crippen LogP contribution in [0, 0.1) is 5.41 Å². The Kier molecular flexibility index (Phi) is 5.25. The summed E-state index contributed by atoms with van der Waals surface area (Å²) >= 11 is 6.89. The third-order valence-electron chi connectivity index (χ3n) is 3.73. The molecule has 1 saturated carbocycles. The summed E-state index contributed by atoms with van der Waals surface area (Å²) in [5.41, 5.74) is 5.27. The van der Waals surface area contributed by atoms with E-state index in [2.05, 4.69) is 6.92 Å². The van der Waals surface area contributed by atoms with Gasteiger partial charge in [-0.25, -0.2) is 0 Å². The van der Waals surface area contributed by atoms with E-state index in [1.165, 1.54) is 0 Å². The van der Waals surface area contributed by atoms with Crippen LogP contribution >= 0.6 is 24.0 Å². The first-order valence-corrected chi connectivity index (χ1v) is 7.82. The first-order chi connectivity index (χ1) is 7.95. The Bertz CT molecular complexity index is 301. The van der Waals surface area contributed by atoms with Gasteiger partial charge in [0, 0.05) is 18.8 Å². The molecule has 3 nitrogen and oxygen atoms in total. The molecule has 0 radical (unpaired) electrons. The fraction of sp³-hybridized carbons (Fsp3) is 0.833. The fourth-order valence-electron chi connectivity index (χ4n) is 2.43. The molecule has 17 heavy (non-hydrogen) atoms. The van der Waals surface area contributed by atoms with E-state index in [-0.39, 0.29) is 11.9 Å². The molecule has 2 N–H and O–H groups in total. The molecule has 0 spiro atoms. The molecule has 0 bridgehead atoms. The molecular formula is C12H22N2OS2. The van der Waals surface area contributed by atoms with Crippen LogP contribution in [0.15, 0.2) is 0 Å². The number of thioether (sulfide) groups is 1. The van der Waals surface area contributed by atoms with E-state index in [0.717, 1.165) is 31.4 Å². The molecule has 1 aliphatic carbocycles. The average Bonchev–Trinajstić information content (AvgIpc) is 2.77. The van der Waals surface area contributed by atoms with Gasteiger partial charge >= 0.3 is 0 Å². The maximum Gasteiger partial charge on any atom is 0.235 e. The first kappa shape index (κ1) is 14.8. The number of carbonyl (C=O) groups is 1. The minimum absolute atomic E-state index is 0.115. The Balaban J connectivity index is 2.82. The van der Waals surface area contributed by atoms with E-state index in [9.17, 15) is 4.79 Å². The molecule has 1 amide bonds. The predicted molar refractivity (Wildman–Crippen MR) is 78.3 cm³/mol. The topological polar surface area (TPSA) is 46.3 Å². The van der Waals surface area contributed by atoms with E-state index < -0.39 is 5.41 Å². The Morgan fingerprint density at radius 1 is 1.53 bits per heavy atom. The lowest BCUT2D eigenvalue weighted by atomic mass is 9.84. The monoisotopic (exact) mass is 274 g/mol. The summed E-state index contributed by atoms with van der Waals surface area (Å²) in [6.45, 7) is 2.07. The molecule has 0 heterocycles. The van der Waals surface area contributed by atoms with Gasteiger partial charge in [0.1, 0.15) is 0 Å². The average molecular weight is 274 g/mol. The molecule has 98 valence electrons. The molecule has 0 aliphatic heterocycles. The normalized spacial score (nSPS) is 19.9. The Hall–Kier alpha value is -0.290. The molecule has 0 aromatic carbocycles. The second kappa shape index (κ2) is 6.05. The standard InChI is InChI=1S/C12H22N2OS2/c1-9(8-17-3)14(2)11(15)12(10(13)16)6-4-5-7-12/h9H,4-8H2,1-3H3,(H2,13,16). The van der Waals surface area contributed by atoms with E-state index in [4.69, 9.17) is 18.0 Å². The quantitative estimate of drug-likeness (QED) is 0.779. The third-order valence-corrected chi connectivity index (χ3v) is 4.93. The number of hydrogen-bond donors (Lipinski definition) is 1. The van der Waals surface area contributed by atoms with E-state index >= 15 is 0 Å². The van der Waals surface area contributed by atoms with Crippen LogP contribution in [0.4, 0.5) is 0 Å². The lowest BCUT2D eigenvalue weighted by Crippen LogP contribution is -2.50.